The minimum Gasteiger partial charge on any atom is -0.388 e. The number of hydrogen-bond donors (Lipinski definition) is 1. The zero-order valence-corrected chi connectivity index (χ0v) is 11.5. The van der Waals surface area contributed by atoms with Gasteiger partial charge in [-0.1, -0.05) is 15.9 Å². The number of hydrogen-bond acceptors (Lipinski definition) is 2. The summed E-state index contributed by atoms with van der Waals surface area (Å²) < 4.78 is 14.4. The molecular weight excluding hydrogens is 297 g/mol. The molecule has 94 valence electrons. The molecule has 1 N–H and O–H groups in total. The van der Waals surface area contributed by atoms with Crippen molar-refractivity contribution < 1.29 is 9.50 Å². The molecule has 1 aromatic heterocycles. The van der Waals surface area contributed by atoms with Crippen LogP contribution in [0.2, 0.25) is 0 Å². The topological polar surface area (TPSA) is 33.1 Å². The van der Waals surface area contributed by atoms with Crippen LogP contribution < -0.4 is 0 Å². The van der Waals surface area contributed by atoms with E-state index in [1.807, 2.05) is 6.92 Å². The van der Waals surface area contributed by atoms with Crippen molar-refractivity contribution in [3.05, 3.63) is 63.6 Å². The van der Waals surface area contributed by atoms with E-state index < -0.39 is 6.10 Å². The predicted molar refractivity (Wildman–Crippen MR) is 71.7 cm³/mol. The Balaban J connectivity index is 2.21. The van der Waals surface area contributed by atoms with Crippen LogP contribution in [0.1, 0.15) is 22.9 Å². The van der Waals surface area contributed by atoms with E-state index in [2.05, 4.69) is 20.9 Å². The Kier molecular flexibility index (Phi) is 4.09. The lowest BCUT2D eigenvalue weighted by Crippen LogP contribution is -2.04. The van der Waals surface area contributed by atoms with Crippen LogP contribution in [0.25, 0.3) is 0 Å². The van der Waals surface area contributed by atoms with Crippen LogP contribution in [0, 0.1) is 12.7 Å². The standard InChI is InChI=1S/C14H13BrFNO/c1-9-6-10(4-5-17-9)14(18)8-11-7-12(15)2-3-13(11)16/h2-7,14,18H,8H2,1H3. The number of rotatable bonds is 3. The molecule has 2 aromatic rings. The summed E-state index contributed by atoms with van der Waals surface area (Å²) in [5, 5.41) is 10.1. The average Bonchev–Trinajstić information content (AvgIpc) is 2.34. The highest BCUT2D eigenvalue weighted by atomic mass is 79.9. The molecule has 0 aliphatic carbocycles. The van der Waals surface area contributed by atoms with Crippen LogP contribution in [-0.4, -0.2) is 10.1 Å². The molecular formula is C14H13BrFNO. The number of benzene rings is 1. The summed E-state index contributed by atoms with van der Waals surface area (Å²) in [6.07, 6.45) is 1.16. The van der Waals surface area contributed by atoms with Crippen LogP contribution >= 0.6 is 15.9 Å². The van der Waals surface area contributed by atoms with Gasteiger partial charge in [0, 0.05) is 22.8 Å². The number of aliphatic hydroxyl groups is 1. The van der Waals surface area contributed by atoms with Crippen LogP contribution in [0.3, 0.4) is 0 Å². The third-order valence-corrected chi connectivity index (χ3v) is 3.22. The van der Waals surface area contributed by atoms with Gasteiger partial charge >= 0.3 is 0 Å². The highest BCUT2D eigenvalue weighted by Gasteiger charge is 2.12. The van der Waals surface area contributed by atoms with Gasteiger partial charge in [0.1, 0.15) is 5.82 Å². The largest absolute Gasteiger partial charge is 0.388 e. The quantitative estimate of drug-likeness (QED) is 0.940. The zero-order valence-electron chi connectivity index (χ0n) is 9.90. The van der Waals surface area contributed by atoms with Crippen molar-refractivity contribution in [3.63, 3.8) is 0 Å². The van der Waals surface area contributed by atoms with Gasteiger partial charge in [0.15, 0.2) is 0 Å². The predicted octanol–water partition coefficient (Wildman–Crippen LogP) is 3.57. The Morgan fingerprint density at radius 1 is 1.33 bits per heavy atom. The van der Waals surface area contributed by atoms with Crippen LogP contribution in [0.4, 0.5) is 4.39 Å². The molecule has 18 heavy (non-hydrogen) atoms. The Morgan fingerprint density at radius 3 is 2.83 bits per heavy atom. The average molecular weight is 310 g/mol. The van der Waals surface area contributed by atoms with E-state index in [0.29, 0.717) is 5.56 Å². The molecule has 4 heteroatoms. The second-order valence-electron chi connectivity index (χ2n) is 4.19. The van der Waals surface area contributed by atoms with E-state index in [0.717, 1.165) is 15.7 Å². The molecule has 0 saturated heterocycles. The van der Waals surface area contributed by atoms with Gasteiger partial charge in [0.25, 0.3) is 0 Å². The van der Waals surface area contributed by atoms with E-state index in [1.54, 1.807) is 30.5 Å². The maximum atomic E-state index is 13.6. The first-order chi connectivity index (χ1) is 8.56. The van der Waals surface area contributed by atoms with Crippen molar-refractivity contribution in [1.29, 1.82) is 0 Å². The number of aryl methyl sites for hydroxylation is 1. The molecule has 0 spiro atoms. The van der Waals surface area contributed by atoms with Crippen molar-refractivity contribution in [2.24, 2.45) is 0 Å². The highest BCUT2D eigenvalue weighted by molar-refractivity contribution is 9.10. The fourth-order valence-electron chi connectivity index (χ4n) is 1.80. The minimum atomic E-state index is -0.726. The number of nitrogens with zero attached hydrogens (tertiary/aromatic N) is 1. The second-order valence-corrected chi connectivity index (χ2v) is 5.10. The summed E-state index contributed by atoms with van der Waals surface area (Å²) in [6.45, 7) is 1.86. The number of halogens is 2. The van der Waals surface area contributed by atoms with Crippen LogP contribution in [-0.2, 0) is 6.42 Å². The molecule has 0 saturated carbocycles. The molecule has 2 nitrogen and oxygen atoms in total. The molecule has 0 bridgehead atoms. The van der Waals surface area contributed by atoms with Crippen molar-refractivity contribution in [1.82, 2.24) is 4.98 Å². The maximum Gasteiger partial charge on any atom is 0.126 e. The van der Waals surface area contributed by atoms with Gasteiger partial charge in [0.2, 0.25) is 0 Å². The minimum absolute atomic E-state index is 0.245. The Labute approximate surface area is 114 Å². The molecule has 1 aromatic carbocycles. The normalized spacial score (nSPS) is 12.4. The molecule has 1 atom stereocenters. The van der Waals surface area contributed by atoms with E-state index in [9.17, 15) is 9.50 Å². The smallest absolute Gasteiger partial charge is 0.126 e. The first-order valence-corrected chi connectivity index (χ1v) is 6.40. The summed E-state index contributed by atoms with van der Waals surface area (Å²) in [5.41, 5.74) is 2.08. The van der Waals surface area contributed by atoms with Gasteiger partial charge in [-0.05, 0) is 48.4 Å². The summed E-state index contributed by atoms with van der Waals surface area (Å²) >= 11 is 3.30. The SMILES string of the molecule is Cc1cc(C(O)Cc2cc(Br)ccc2F)ccn1. The lowest BCUT2D eigenvalue weighted by atomic mass is 10.0. The van der Waals surface area contributed by atoms with Gasteiger partial charge < -0.3 is 5.11 Å². The van der Waals surface area contributed by atoms with Crippen LogP contribution in [0.15, 0.2) is 41.0 Å². The lowest BCUT2D eigenvalue weighted by molar-refractivity contribution is 0.177. The third kappa shape index (κ3) is 3.15. The summed E-state index contributed by atoms with van der Waals surface area (Å²) in [4.78, 5) is 4.07. The van der Waals surface area contributed by atoms with E-state index in [-0.39, 0.29) is 12.2 Å². The van der Waals surface area contributed by atoms with Crippen LogP contribution in [0.5, 0.6) is 0 Å². The van der Waals surface area contributed by atoms with Crippen molar-refractivity contribution in [2.75, 3.05) is 0 Å². The molecule has 1 unspecified atom stereocenters. The van der Waals surface area contributed by atoms with Gasteiger partial charge in [-0.2, -0.15) is 0 Å². The molecule has 0 radical (unpaired) electrons. The Morgan fingerprint density at radius 2 is 2.11 bits per heavy atom. The van der Waals surface area contributed by atoms with E-state index in [1.165, 1.54) is 6.07 Å². The summed E-state index contributed by atoms with van der Waals surface area (Å²) in [6, 6.07) is 8.27. The monoisotopic (exact) mass is 309 g/mol. The third-order valence-electron chi connectivity index (χ3n) is 2.73. The second kappa shape index (κ2) is 5.59. The number of aliphatic hydroxyl groups excluding tert-OH is 1. The van der Waals surface area contributed by atoms with Gasteiger partial charge in [-0.3, -0.25) is 4.98 Å². The number of aromatic nitrogens is 1. The number of pyridine rings is 1. The first-order valence-electron chi connectivity index (χ1n) is 5.61. The molecule has 0 fully saturated rings. The molecule has 2 rings (SSSR count). The van der Waals surface area contributed by atoms with Crippen molar-refractivity contribution >= 4 is 15.9 Å². The van der Waals surface area contributed by atoms with Crippen molar-refractivity contribution in [2.45, 2.75) is 19.4 Å². The van der Waals surface area contributed by atoms with E-state index >= 15 is 0 Å². The highest BCUT2D eigenvalue weighted by Crippen LogP contribution is 2.22. The van der Waals surface area contributed by atoms with Crippen molar-refractivity contribution in [3.8, 4) is 0 Å². The van der Waals surface area contributed by atoms with Gasteiger partial charge in [-0.25, -0.2) is 4.39 Å². The lowest BCUT2D eigenvalue weighted by Gasteiger charge is -2.12. The van der Waals surface area contributed by atoms with E-state index in [4.69, 9.17) is 0 Å². The maximum absolute atomic E-state index is 13.6. The first kappa shape index (κ1) is 13.2. The van der Waals surface area contributed by atoms with Gasteiger partial charge in [0.05, 0.1) is 6.10 Å². The molecule has 0 aliphatic heterocycles. The Bertz CT molecular complexity index is 559. The molecule has 1 heterocycles. The Hall–Kier alpha value is -1.26. The fraction of sp³-hybridized carbons (Fsp3) is 0.214. The van der Waals surface area contributed by atoms with Gasteiger partial charge in [-0.15, -0.1) is 0 Å². The summed E-state index contributed by atoms with van der Waals surface area (Å²) in [5.74, 6) is -0.303. The zero-order chi connectivity index (χ0) is 13.1. The molecule has 0 amide bonds. The fourth-order valence-corrected chi connectivity index (χ4v) is 2.21. The summed E-state index contributed by atoms with van der Waals surface area (Å²) in [7, 11) is 0. The molecule has 0 aliphatic rings.